The second-order valence-corrected chi connectivity index (χ2v) is 3.09. The van der Waals surface area contributed by atoms with Crippen LogP contribution < -0.4 is 11.0 Å². The van der Waals surface area contributed by atoms with E-state index in [2.05, 4.69) is 20.3 Å². The van der Waals surface area contributed by atoms with Crippen molar-refractivity contribution in [3.05, 3.63) is 16.8 Å². The minimum Gasteiger partial charge on any atom is -0.309 e. The number of nitrogens with one attached hydrogen (secondary N) is 2. The van der Waals surface area contributed by atoms with Crippen LogP contribution in [0, 0.1) is 0 Å². The molecule has 1 amide bonds. The summed E-state index contributed by atoms with van der Waals surface area (Å²) in [5.74, 6) is 0.0806. The van der Waals surface area contributed by atoms with E-state index in [1.54, 1.807) is 7.05 Å². The van der Waals surface area contributed by atoms with Crippen LogP contribution >= 0.6 is 0 Å². The first-order valence-corrected chi connectivity index (χ1v) is 4.27. The maximum absolute atomic E-state index is 11.3. The molecule has 0 bridgehead atoms. The van der Waals surface area contributed by atoms with Gasteiger partial charge in [-0.3, -0.25) is 14.3 Å². The highest BCUT2D eigenvalue weighted by atomic mass is 16.2. The van der Waals surface area contributed by atoms with Gasteiger partial charge in [0.2, 0.25) is 5.91 Å². The smallest absolute Gasteiger partial charge is 0.309 e. The molecule has 0 spiro atoms. The van der Waals surface area contributed by atoms with Crippen LogP contribution in [0.2, 0.25) is 0 Å². The largest absolute Gasteiger partial charge is 0.327 e. The van der Waals surface area contributed by atoms with Gasteiger partial charge in [0.05, 0.1) is 0 Å². The molecule has 0 aliphatic carbocycles. The van der Waals surface area contributed by atoms with Gasteiger partial charge in [-0.1, -0.05) is 0 Å². The minimum absolute atomic E-state index is 0.247. The van der Waals surface area contributed by atoms with E-state index in [0.29, 0.717) is 17.0 Å². The number of fused-ring (bicyclic) bond motifs is 1. The predicted octanol–water partition coefficient (Wildman–Crippen LogP) is -0.385. The summed E-state index contributed by atoms with van der Waals surface area (Å²) >= 11 is 0. The summed E-state index contributed by atoms with van der Waals surface area (Å²) in [6, 6.07) is 0. The van der Waals surface area contributed by atoms with Gasteiger partial charge < -0.3 is 5.32 Å². The summed E-state index contributed by atoms with van der Waals surface area (Å²) in [5, 5.41) is 2.53. The number of rotatable bonds is 1. The summed E-state index contributed by atoms with van der Waals surface area (Å²) in [5.41, 5.74) is 0.594. The molecular weight excluding hydrogens is 198 g/mol. The van der Waals surface area contributed by atoms with E-state index in [4.69, 9.17) is 0 Å². The number of H-pyrrole nitrogens is 1. The third-order valence-electron chi connectivity index (χ3n) is 1.98. The van der Waals surface area contributed by atoms with E-state index in [9.17, 15) is 9.59 Å². The quantitative estimate of drug-likeness (QED) is 0.666. The lowest BCUT2D eigenvalue weighted by molar-refractivity contribution is -0.114. The molecule has 0 atom stereocenters. The molecule has 0 aromatic carbocycles. The zero-order valence-electron chi connectivity index (χ0n) is 8.24. The first-order chi connectivity index (χ1) is 7.09. The van der Waals surface area contributed by atoms with Gasteiger partial charge in [0.1, 0.15) is 11.8 Å². The fourth-order valence-corrected chi connectivity index (χ4v) is 1.33. The maximum atomic E-state index is 11.3. The Labute approximate surface area is 84.2 Å². The average Bonchev–Trinajstić information content (AvgIpc) is 2.43. The number of aryl methyl sites for hydroxylation is 1. The van der Waals surface area contributed by atoms with E-state index in [0.717, 1.165) is 0 Å². The molecule has 78 valence electrons. The van der Waals surface area contributed by atoms with Crippen LogP contribution in [0.15, 0.2) is 11.1 Å². The molecule has 2 aromatic heterocycles. The molecule has 2 rings (SSSR count). The summed E-state index contributed by atoms with van der Waals surface area (Å²) < 4.78 is 1.35. The molecule has 0 unspecified atom stereocenters. The van der Waals surface area contributed by atoms with Gasteiger partial charge in [-0.05, 0) is 0 Å². The van der Waals surface area contributed by atoms with Crippen molar-refractivity contribution >= 4 is 22.9 Å². The lowest BCUT2D eigenvalue weighted by Crippen LogP contribution is -2.14. The Morgan fingerprint density at radius 2 is 2.27 bits per heavy atom. The summed E-state index contributed by atoms with van der Waals surface area (Å²) in [6.07, 6.45) is 1.28. The standard InChI is InChI=1S/C8H9N5O2/c1-4(14)11-6-5-7(10-3-9-6)12-8(15)13(5)2/h3H,1-2H3,(H2,9,10,11,12,14,15). The number of amides is 1. The second kappa shape index (κ2) is 3.19. The number of nitrogens with zero attached hydrogens (tertiary/aromatic N) is 3. The fourth-order valence-electron chi connectivity index (χ4n) is 1.33. The Morgan fingerprint density at radius 3 is 2.93 bits per heavy atom. The highest BCUT2D eigenvalue weighted by Gasteiger charge is 2.10. The SMILES string of the molecule is CC(=O)Nc1ncnc2[nH]c(=O)n(C)c12. The Morgan fingerprint density at radius 1 is 1.53 bits per heavy atom. The van der Waals surface area contributed by atoms with Gasteiger partial charge in [-0.15, -0.1) is 0 Å². The van der Waals surface area contributed by atoms with Gasteiger partial charge in [-0.25, -0.2) is 14.8 Å². The molecule has 0 radical (unpaired) electrons. The Hall–Kier alpha value is -2.18. The number of anilines is 1. The van der Waals surface area contributed by atoms with Gasteiger partial charge >= 0.3 is 5.69 Å². The summed E-state index contributed by atoms with van der Waals surface area (Å²) in [6.45, 7) is 1.37. The molecule has 15 heavy (non-hydrogen) atoms. The number of imidazole rings is 1. The number of hydrogen-bond donors (Lipinski definition) is 2. The van der Waals surface area contributed by atoms with Crippen molar-refractivity contribution in [3.63, 3.8) is 0 Å². The highest BCUT2D eigenvalue weighted by molar-refractivity contribution is 5.95. The number of hydrogen-bond acceptors (Lipinski definition) is 4. The first-order valence-electron chi connectivity index (χ1n) is 4.27. The lowest BCUT2D eigenvalue weighted by atomic mass is 10.4. The van der Waals surface area contributed by atoms with Crippen molar-refractivity contribution in [1.29, 1.82) is 0 Å². The highest BCUT2D eigenvalue weighted by Crippen LogP contribution is 2.14. The lowest BCUT2D eigenvalue weighted by Gasteiger charge is -2.02. The molecule has 7 nitrogen and oxygen atoms in total. The van der Waals surface area contributed by atoms with Crippen LogP contribution in [0.3, 0.4) is 0 Å². The predicted molar refractivity (Wildman–Crippen MR) is 53.4 cm³/mol. The molecule has 0 aliphatic rings. The molecule has 0 saturated carbocycles. The Kier molecular flexibility index (Phi) is 2.00. The van der Waals surface area contributed by atoms with Gasteiger partial charge in [0, 0.05) is 14.0 Å². The molecule has 0 saturated heterocycles. The number of aromatic nitrogens is 4. The molecule has 0 fully saturated rings. The van der Waals surface area contributed by atoms with Crippen LogP contribution in [0.5, 0.6) is 0 Å². The Bertz CT molecular complexity index is 582. The average molecular weight is 207 g/mol. The number of aromatic amines is 1. The van der Waals surface area contributed by atoms with Crippen molar-refractivity contribution in [2.75, 3.05) is 5.32 Å². The maximum Gasteiger partial charge on any atom is 0.327 e. The molecule has 2 aromatic rings. The number of carbonyl (C=O) groups is 1. The zero-order valence-corrected chi connectivity index (χ0v) is 8.24. The second-order valence-electron chi connectivity index (χ2n) is 3.09. The van der Waals surface area contributed by atoms with E-state index in [-0.39, 0.29) is 11.6 Å². The van der Waals surface area contributed by atoms with Crippen molar-refractivity contribution < 1.29 is 4.79 Å². The first kappa shape index (κ1) is 9.38. The monoisotopic (exact) mass is 207 g/mol. The minimum atomic E-state index is -0.294. The topological polar surface area (TPSA) is 92.7 Å². The molecule has 7 heteroatoms. The van der Waals surface area contributed by atoms with Crippen LogP contribution in [-0.2, 0) is 11.8 Å². The van der Waals surface area contributed by atoms with Gasteiger partial charge in [0.25, 0.3) is 0 Å². The Balaban J connectivity index is 2.74. The molecule has 2 heterocycles. The van der Waals surface area contributed by atoms with E-state index in [1.807, 2.05) is 0 Å². The van der Waals surface area contributed by atoms with E-state index >= 15 is 0 Å². The zero-order chi connectivity index (χ0) is 11.0. The van der Waals surface area contributed by atoms with Crippen LogP contribution in [0.25, 0.3) is 11.2 Å². The van der Waals surface area contributed by atoms with E-state index in [1.165, 1.54) is 17.8 Å². The molecular formula is C8H9N5O2. The number of carbonyl (C=O) groups excluding carboxylic acids is 1. The summed E-state index contributed by atoms with van der Waals surface area (Å²) in [7, 11) is 1.58. The van der Waals surface area contributed by atoms with Crippen molar-refractivity contribution in [2.45, 2.75) is 6.92 Å². The normalized spacial score (nSPS) is 10.5. The third kappa shape index (κ3) is 1.47. The van der Waals surface area contributed by atoms with Gasteiger partial charge in [-0.2, -0.15) is 0 Å². The van der Waals surface area contributed by atoms with Crippen LogP contribution in [-0.4, -0.2) is 25.4 Å². The molecule has 0 aliphatic heterocycles. The van der Waals surface area contributed by atoms with Crippen molar-refractivity contribution in [1.82, 2.24) is 19.5 Å². The third-order valence-corrected chi connectivity index (χ3v) is 1.98. The van der Waals surface area contributed by atoms with Crippen LogP contribution in [0.4, 0.5) is 5.82 Å². The summed E-state index contributed by atoms with van der Waals surface area (Å²) in [4.78, 5) is 32.5. The van der Waals surface area contributed by atoms with Gasteiger partial charge in [0.15, 0.2) is 11.5 Å². The fraction of sp³-hybridized carbons (Fsp3) is 0.250. The molecule has 2 N–H and O–H groups in total. The van der Waals surface area contributed by atoms with Crippen LogP contribution in [0.1, 0.15) is 6.92 Å². The van der Waals surface area contributed by atoms with E-state index < -0.39 is 0 Å². The van der Waals surface area contributed by atoms with Crippen molar-refractivity contribution in [2.24, 2.45) is 7.05 Å². The van der Waals surface area contributed by atoms with Crippen molar-refractivity contribution in [3.8, 4) is 0 Å².